The molecule has 0 fully saturated rings. The van der Waals surface area contributed by atoms with E-state index < -0.39 is 0 Å². The zero-order valence-corrected chi connectivity index (χ0v) is 16.5. The van der Waals surface area contributed by atoms with E-state index in [2.05, 4.69) is 34.6 Å². The highest BCUT2D eigenvalue weighted by Gasteiger charge is 2.06. The molecule has 0 saturated heterocycles. The summed E-state index contributed by atoms with van der Waals surface area (Å²) in [6.07, 6.45) is 5.90. The summed E-state index contributed by atoms with van der Waals surface area (Å²) in [5.41, 5.74) is 2.14. The molecule has 1 aromatic heterocycles. The number of hydrogen-bond donors (Lipinski definition) is 1. The van der Waals surface area contributed by atoms with Crippen molar-refractivity contribution in [3.05, 3.63) is 100 Å². The summed E-state index contributed by atoms with van der Waals surface area (Å²) in [5.74, 6) is -0.194. The van der Waals surface area contributed by atoms with Crippen LogP contribution >= 0.6 is 22.9 Å². The molecule has 4 rings (SSSR count). The Kier molecular flexibility index (Phi) is 5.51. The fraction of sp³-hybridized carbons (Fsp3) is 0.0435. The molecule has 3 nitrogen and oxygen atoms in total. The summed E-state index contributed by atoms with van der Waals surface area (Å²) in [7, 11) is 0. The van der Waals surface area contributed by atoms with Gasteiger partial charge in [0.05, 0.1) is 0 Å². The predicted octanol–water partition coefficient (Wildman–Crippen LogP) is 6.19. The quantitative estimate of drug-likeness (QED) is 0.403. The van der Waals surface area contributed by atoms with E-state index in [1.165, 1.54) is 22.8 Å². The summed E-state index contributed by atoms with van der Waals surface area (Å²) >= 11 is 7.39. The maximum Gasteiger partial charge on any atom is 0.250 e. The van der Waals surface area contributed by atoms with Crippen molar-refractivity contribution in [3.8, 4) is 0 Å². The Morgan fingerprint density at radius 1 is 1.04 bits per heavy atom. The van der Waals surface area contributed by atoms with Gasteiger partial charge in [-0.05, 0) is 46.2 Å². The predicted molar refractivity (Wildman–Crippen MR) is 118 cm³/mol. The van der Waals surface area contributed by atoms with Gasteiger partial charge in [-0.1, -0.05) is 60.1 Å². The third kappa shape index (κ3) is 4.66. The van der Waals surface area contributed by atoms with Crippen LogP contribution in [-0.2, 0) is 11.2 Å². The lowest BCUT2D eigenvalue weighted by atomic mass is 10.1. The minimum atomic E-state index is -0.194. The number of carbonyl (C=O) groups is 1. The number of benzene rings is 3. The first kappa shape index (κ1) is 18.4. The second-order valence-corrected chi connectivity index (χ2v) is 7.92. The van der Waals surface area contributed by atoms with Gasteiger partial charge in [0.1, 0.15) is 0 Å². The first-order valence-electron chi connectivity index (χ1n) is 8.83. The van der Waals surface area contributed by atoms with Gasteiger partial charge in [-0.2, -0.15) is 0 Å². The molecule has 0 bridgehead atoms. The van der Waals surface area contributed by atoms with Crippen molar-refractivity contribution in [3.63, 3.8) is 0 Å². The van der Waals surface area contributed by atoms with Gasteiger partial charge in [0.15, 0.2) is 5.13 Å². The second kappa shape index (κ2) is 8.38. The van der Waals surface area contributed by atoms with Gasteiger partial charge in [0.25, 0.3) is 0 Å². The monoisotopic (exact) mass is 404 g/mol. The molecule has 0 spiro atoms. The molecule has 1 heterocycles. The molecule has 0 aliphatic carbocycles. The van der Waals surface area contributed by atoms with Crippen LogP contribution in [0.15, 0.2) is 79.0 Å². The van der Waals surface area contributed by atoms with Crippen molar-refractivity contribution in [1.29, 1.82) is 0 Å². The van der Waals surface area contributed by atoms with Crippen LogP contribution in [-0.4, -0.2) is 10.9 Å². The number of fused-ring (bicyclic) bond motifs is 1. The number of halogens is 1. The van der Waals surface area contributed by atoms with E-state index >= 15 is 0 Å². The smallest absolute Gasteiger partial charge is 0.250 e. The highest BCUT2D eigenvalue weighted by Crippen LogP contribution is 2.22. The Morgan fingerprint density at radius 2 is 1.82 bits per heavy atom. The molecule has 138 valence electrons. The van der Waals surface area contributed by atoms with Crippen molar-refractivity contribution in [2.45, 2.75) is 6.42 Å². The van der Waals surface area contributed by atoms with Crippen molar-refractivity contribution in [2.24, 2.45) is 0 Å². The largest absolute Gasteiger partial charge is 0.298 e. The van der Waals surface area contributed by atoms with Gasteiger partial charge >= 0.3 is 0 Å². The molecular formula is C23H17ClN2OS. The SMILES string of the molecule is O=C(C=Cc1ccc2ccccc2c1)Nc1ncc(Cc2ccc(Cl)cc2)s1. The molecule has 5 heteroatoms. The first-order chi connectivity index (χ1) is 13.7. The van der Waals surface area contributed by atoms with Crippen LogP contribution in [0.2, 0.25) is 5.02 Å². The number of nitrogens with one attached hydrogen (secondary N) is 1. The summed E-state index contributed by atoms with van der Waals surface area (Å²) in [6, 6.07) is 22.0. The van der Waals surface area contributed by atoms with Crippen LogP contribution in [0.5, 0.6) is 0 Å². The normalized spacial score (nSPS) is 11.2. The molecule has 1 N–H and O–H groups in total. The van der Waals surface area contributed by atoms with E-state index in [9.17, 15) is 4.79 Å². The van der Waals surface area contributed by atoms with Gasteiger partial charge in [-0.3, -0.25) is 10.1 Å². The van der Waals surface area contributed by atoms with Crippen LogP contribution < -0.4 is 5.32 Å². The lowest BCUT2D eigenvalue weighted by Crippen LogP contribution is -2.07. The molecule has 3 aromatic carbocycles. The van der Waals surface area contributed by atoms with Crippen molar-refractivity contribution >= 4 is 50.8 Å². The van der Waals surface area contributed by atoms with Gasteiger partial charge in [0.2, 0.25) is 5.91 Å². The average Bonchev–Trinajstić information content (AvgIpc) is 3.14. The molecule has 0 unspecified atom stereocenters. The zero-order chi connectivity index (χ0) is 19.3. The van der Waals surface area contributed by atoms with E-state index in [0.29, 0.717) is 5.13 Å². The number of amides is 1. The van der Waals surface area contributed by atoms with Crippen LogP contribution in [0.4, 0.5) is 5.13 Å². The number of thiazole rings is 1. The maximum atomic E-state index is 12.2. The number of anilines is 1. The number of hydrogen-bond acceptors (Lipinski definition) is 3. The zero-order valence-electron chi connectivity index (χ0n) is 14.9. The summed E-state index contributed by atoms with van der Waals surface area (Å²) in [6.45, 7) is 0. The van der Waals surface area contributed by atoms with Crippen molar-refractivity contribution < 1.29 is 4.79 Å². The number of nitrogens with zero attached hydrogens (tertiary/aromatic N) is 1. The number of carbonyl (C=O) groups excluding carboxylic acids is 1. The lowest BCUT2D eigenvalue weighted by molar-refractivity contribution is -0.111. The van der Waals surface area contributed by atoms with Gasteiger partial charge in [0, 0.05) is 28.6 Å². The van der Waals surface area contributed by atoms with Crippen molar-refractivity contribution in [1.82, 2.24) is 4.98 Å². The highest BCUT2D eigenvalue weighted by molar-refractivity contribution is 7.15. The van der Waals surface area contributed by atoms with E-state index in [1.54, 1.807) is 6.20 Å². The molecule has 0 atom stereocenters. The standard InChI is InChI=1S/C23H17ClN2OS/c24-20-10-6-17(7-11-20)14-21-15-25-23(28-21)26-22(27)12-8-16-5-9-18-3-1-2-4-19(18)13-16/h1-13,15H,14H2,(H,25,26,27). The molecule has 0 aliphatic heterocycles. The van der Waals surface area contributed by atoms with E-state index in [1.807, 2.05) is 48.5 Å². The van der Waals surface area contributed by atoms with Crippen LogP contribution in [0, 0.1) is 0 Å². The summed E-state index contributed by atoms with van der Waals surface area (Å²) in [5, 5.41) is 6.47. The topological polar surface area (TPSA) is 42.0 Å². The highest BCUT2D eigenvalue weighted by atomic mass is 35.5. The third-order valence-electron chi connectivity index (χ3n) is 4.28. The Morgan fingerprint density at radius 3 is 2.64 bits per heavy atom. The van der Waals surface area contributed by atoms with Crippen LogP contribution in [0.25, 0.3) is 16.8 Å². The Hall–Kier alpha value is -2.95. The van der Waals surface area contributed by atoms with Crippen LogP contribution in [0.3, 0.4) is 0 Å². The fourth-order valence-corrected chi connectivity index (χ4v) is 3.86. The number of rotatable bonds is 5. The first-order valence-corrected chi connectivity index (χ1v) is 10.0. The minimum Gasteiger partial charge on any atom is -0.298 e. The Labute approximate surface area is 172 Å². The molecule has 4 aromatic rings. The van der Waals surface area contributed by atoms with Crippen molar-refractivity contribution in [2.75, 3.05) is 5.32 Å². The van der Waals surface area contributed by atoms with E-state index in [-0.39, 0.29) is 5.91 Å². The van der Waals surface area contributed by atoms with Gasteiger partial charge in [-0.15, -0.1) is 11.3 Å². The lowest BCUT2D eigenvalue weighted by Gasteiger charge is -2.00. The minimum absolute atomic E-state index is 0.194. The number of aromatic nitrogens is 1. The Bertz CT molecular complexity index is 1150. The van der Waals surface area contributed by atoms with Gasteiger partial charge in [-0.25, -0.2) is 4.98 Å². The molecular weight excluding hydrogens is 388 g/mol. The molecule has 0 aliphatic rings. The molecule has 28 heavy (non-hydrogen) atoms. The average molecular weight is 405 g/mol. The van der Waals surface area contributed by atoms with E-state index in [4.69, 9.17) is 11.6 Å². The fourth-order valence-electron chi connectivity index (χ4n) is 2.88. The molecule has 0 radical (unpaired) electrons. The maximum absolute atomic E-state index is 12.2. The second-order valence-electron chi connectivity index (χ2n) is 6.36. The summed E-state index contributed by atoms with van der Waals surface area (Å²) in [4.78, 5) is 17.6. The van der Waals surface area contributed by atoms with Crippen LogP contribution in [0.1, 0.15) is 16.0 Å². The van der Waals surface area contributed by atoms with Gasteiger partial charge < -0.3 is 0 Å². The Balaban J connectivity index is 1.38. The third-order valence-corrected chi connectivity index (χ3v) is 5.44. The molecule has 1 amide bonds. The molecule has 0 saturated carbocycles. The summed E-state index contributed by atoms with van der Waals surface area (Å²) < 4.78 is 0. The van der Waals surface area contributed by atoms with E-state index in [0.717, 1.165) is 32.8 Å².